The number of allylic oxidation sites excluding steroid dienone is 2. The molecule has 0 radical (unpaired) electrons. The third-order valence-electron chi connectivity index (χ3n) is 3.27. The van der Waals surface area contributed by atoms with Gasteiger partial charge in [0.25, 0.3) is 5.69 Å². The predicted molar refractivity (Wildman–Crippen MR) is 89.3 cm³/mol. The molecule has 3 rings (SSSR count). The molecule has 6 nitrogen and oxygen atoms in total. The SMILES string of the molecule is O=C1OC(c2cccc([N+](=O)[O-])c2)=N/C1=C\C=C\c1ccccc1. The van der Waals surface area contributed by atoms with Gasteiger partial charge < -0.3 is 4.74 Å². The summed E-state index contributed by atoms with van der Waals surface area (Å²) in [5.41, 5.74) is 1.42. The molecule has 0 amide bonds. The van der Waals surface area contributed by atoms with Gasteiger partial charge >= 0.3 is 5.97 Å². The third kappa shape index (κ3) is 3.44. The van der Waals surface area contributed by atoms with Gasteiger partial charge in [-0.05, 0) is 17.7 Å². The lowest BCUT2D eigenvalue weighted by Crippen LogP contribution is -2.05. The van der Waals surface area contributed by atoms with E-state index in [9.17, 15) is 14.9 Å². The number of benzene rings is 2. The van der Waals surface area contributed by atoms with Crippen LogP contribution >= 0.6 is 0 Å². The van der Waals surface area contributed by atoms with Crippen LogP contribution in [0.1, 0.15) is 11.1 Å². The summed E-state index contributed by atoms with van der Waals surface area (Å²) in [5.74, 6) is -0.530. The molecule has 0 bridgehead atoms. The van der Waals surface area contributed by atoms with Gasteiger partial charge in [-0.1, -0.05) is 48.6 Å². The zero-order chi connectivity index (χ0) is 16.9. The zero-order valence-corrected chi connectivity index (χ0v) is 12.5. The highest BCUT2D eigenvalue weighted by atomic mass is 16.6. The fourth-order valence-corrected chi connectivity index (χ4v) is 2.11. The molecule has 0 unspecified atom stereocenters. The zero-order valence-electron chi connectivity index (χ0n) is 12.5. The van der Waals surface area contributed by atoms with Crippen molar-refractivity contribution in [3.8, 4) is 0 Å². The van der Waals surface area contributed by atoms with E-state index in [1.807, 2.05) is 36.4 Å². The van der Waals surface area contributed by atoms with E-state index in [-0.39, 0.29) is 17.3 Å². The van der Waals surface area contributed by atoms with Gasteiger partial charge in [0.2, 0.25) is 5.90 Å². The Labute approximate surface area is 137 Å². The van der Waals surface area contributed by atoms with E-state index in [2.05, 4.69) is 4.99 Å². The Bertz CT molecular complexity index is 883. The highest BCUT2D eigenvalue weighted by molar-refractivity contribution is 6.11. The van der Waals surface area contributed by atoms with E-state index in [1.54, 1.807) is 18.2 Å². The van der Waals surface area contributed by atoms with Crippen LogP contribution in [0.4, 0.5) is 5.69 Å². The van der Waals surface area contributed by atoms with E-state index < -0.39 is 10.9 Å². The molecule has 1 aliphatic rings. The number of nitrogens with zero attached hydrogens (tertiary/aromatic N) is 2. The number of nitro groups is 1. The lowest BCUT2D eigenvalue weighted by molar-refractivity contribution is -0.384. The quantitative estimate of drug-likeness (QED) is 0.374. The van der Waals surface area contributed by atoms with Crippen molar-refractivity contribution >= 4 is 23.6 Å². The molecule has 0 saturated heterocycles. The highest BCUT2D eigenvalue weighted by Crippen LogP contribution is 2.20. The van der Waals surface area contributed by atoms with Crippen molar-refractivity contribution in [2.75, 3.05) is 0 Å². The monoisotopic (exact) mass is 320 g/mol. The van der Waals surface area contributed by atoms with Gasteiger partial charge in [0.05, 0.1) is 4.92 Å². The molecule has 6 heteroatoms. The maximum absolute atomic E-state index is 11.8. The van der Waals surface area contributed by atoms with E-state index in [0.717, 1.165) is 5.56 Å². The van der Waals surface area contributed by atoms with Gasteiger partial charge in [-0.15, -0.1) is 0 Å². The molecule has 118 valence electrons. The summed E-state index contributed by atoms with van der Waals surface area (Å²) in [5, 5.41) is 10.8. The van der Waals surface area contributed by atoms with Crippen LogP contribution in [0, 0.1) is 10.1 Å². The Morgan fingerprint density at radius 1 is 1.08 bits per heavy atom. The normalized spacial score (nSPS) is 15.6. The molecular weight excluding hydrogens is 308 g/mol. The second-order valence-corrected chi connectivity index (χ2v) is 4.94. The molecule has 0 spiro atoms. The number of esters is 1. The molecule has 0 aromatic heterocycles. The number of carbonyl (C=O) groups is 1. The molecule has 0 atom stereocenters. The first-order valence-electron chi connectivity index (χ1n) is 7.12. The molecule has 1 aliphatic heterocycles. The maximum Gasteiger partial charge on any atom is 0.363 e. The molecular formula is C18H12N2O4. The Balaban J connectivity index is 1.83. The number of aliphatic imine (C=N–C) groups is 1. The first kappa shape index (κ1) is 15.4. The average molecular weight is 320 g/mol. The van der Waals surface area contributed by atoms with Crippen molar-refractivity contribution in [1.82, 2.24) is 0 Å². The minimum atomic E-state index is -0.589. The number of ether oxygens (including phenoxy) is 1. The number of cyclic esters (lactones) is 1. The Kier molecular flexibility index (Phi) is 4.29. The van der Waals surface area contributed by atoms with Crippen molar-refractivity contribution in [3.63, 3.8) is 0 Å². The number of nitro benzene ring substituents is 1. The van der Waals surface area contributed by atoms with Crippen molar-refractivity contribution in [2.45, 2.75) is 0 Å². The number of rotatable bonds is 4. The lowest BCUT2D eigenvalue weighted by Gasteiger charge is -1.98. The summed E-state index contributed by atoms with van der Waals surface area (Å²) in [6, 6.07) is 15.4. The van der Waals surface area contributed by atoms with Crippen molar-refractivity contribution in [3.05, 3.63) is 93.7 Å². The van der Waals surface area contributed by atoms with Crippen LogP contribution in [-0.2, 0) is 9.53 Å². The molecule has 0 aliphatic carbocycles. The van der Waals surface area contributed by atoms with Crippen LogP contribution in [0.3, 0.4) is 0 Å². The molecule has 1 heterocycles. The van der Waals surface area contributed by atoms with E-state index in [0.29, 0.717) is 5.56 Å². The second kappa shape index (κ2) is 6.70. The summed E-state index contributed by atoms with van der Waals surface area (Å²) in [6.07, 6.45) is 5.08. The summed E-state index contributed by atoms with van der Waals surface area (Å²) in [6.45, 7) is 0. The standard InChI is InChI=1S/C18H12N2O4/c21-18-16(11-4-8-13-6-2-1-3-7-13)19-17(24-18)14-9-5-10-15(12-14)20(22)23/h1-12H/b8-4+,16-11-. The topological polar surface area (TPSA) is 81.8 Å². The minimum Gasteiger partial charge on any atom is -0.402 e. The van der Waals surface area contributed by atoms with Crippen molar-refractivity contribution < 1.29 is 14.5 Å². The maximum atomic E-state index is 11.8. The van der Waals surface area contributed by atoms with Crippen LogP contribution in [0.2, 0.25) is 0 Å². The second-order valence-electron chi connectivity index (χ2n) is 4.94. The molecule has 0 saturated carbocycles. The largest absolute Gasteiger partial charge is 0.402 e. The number of non-ortho nitro benzene ring substituents is 1. The summed E-state index contributed by atoms with van der Waals surface area (Å²) in [4.78, 5) is 26.2. The Morgan fingerprint density at radius 3 is 2.62 bits per heavy atom. The molecule has 24 heavy (non-hydrogen) atoms. The van der Waals surface area contributed by atoms with Gasteiger partial charge in [-0.2, -0.15) is 0 Å². The molecule has 2 aromatic carbocycles. The Hall–Kier alpha value is -3.54. The summed E-state index contributed by atoms with van der Waals surface area (Å²) in [7, 11) is 0. The van der Waals surface area contributed by atoms with Gasteiger partial charge in [0, 0.05) is 17.7 Å². The van der Waals surface area contributed by atoms with E-state index >= 15 is 0 Å². The molecule has 2 aromatic rings. The molecule has 0 N–H and O–H groups in total. The van der Waals surface area contributed by atoms with Crippen LogP contribution in [0.15, 0.2) is 77.4 Å². The fourth-order valence-electron chi connectivity index (χ4n) is 2.11. The summed E-state index contributed by atoms with van der Waals surface area (Å²) < 4.78 is 5.08. The van der Waals surface area contributed by atoms with Crippen molar-refractivity contribution in [2.24, 2.45) is 4.99 Å². The number of hydrogen-bond donors (Lipinski definition) is 0. The number of carbonyl (C=O) groups excluding carboxylic acids is 1. The van der Waals surface area contributed by atoms with E-state index in [1.165, 1.54) is 18.2 Å². The Morgan fingerprint density at radius 2 is 1.88 bits per heavy atom. The molecule has 0 fully saturated rings. The van der Waals surface area contributed by atoms with Gasteiger partial charge in [-0.25, -0.2) is 9.79 Å². The van der Waals surface area contributed by atoms with Gasteiger partial charge in [-0.3, -0.25) is 10.1 Å². The van der Waals surface area contributed by atoms with Gasteiger partial charge in [0.1, 0.15) is 0 Å². The van der Waals surface area contributed by atoms with Gasteiger partial charge in [0.15, 0.2) is 5.70 Å². The number of hydrogen-bond acceptors (Lipinski definition) is 5. The lowest BCUT2D eigenvalue weighted by atomic mass is 10.2. The summed E-state index contributed by atoms with van der Waals surface area (Å²) >= 11 is 0. The van der Waals surface area contributed by atoms with Crippen molar-refractivity contribution in [1.29, 1.82) is 0 Å². The van der Waals surface area contributed by atoms with Crippen LogP contribution in [0.5, 0.6) is 0 Å². The van der Waals surface area contributed by atoms with E-state index in [4.69, 9.17) is 4.74 Å². The fraction of sp³-hybridized carbons (Fsp3) is 0. The van der Waals surface area contributed by atoms with Crippen LogP contribution in [0.25, 0.3) is 6.08 Å². The first-order chi connectivity index (χ1) is 11.6. The minimum absolute atomic E-state index is 0.0584. The highest BCUT2D eigenvalue weighted by Gasteiger charge is 2.24. The first-order valence-corrected chi connectivity index (χ1v) is 7.12. The smallest absolute Gasteiger partial charge is 0.363 e. The average Bonchev–Trinajstić information content (AvgIpc) is 2.97. The van der Waals surface area contributed by atoms with Crippen LogP contribution in [-0.4, -0.2) is 16.8 Å². The third-order valence-corrected chi connectivity index (χ3v) is 3.27. The predicted octanol–water partition coefficient (Wildman–Crippen LogP) is 3.50. The van der Waals surface area contributed by atoms with Crippen LogP contribution < -0.4 is 0 Å².